The van der Waals surface area contributed by atoms with Crippen LogP contribution in [0, 0.1) is 5.41 Å². The zero-order valence-electron chi connectivity index (χ0n) is 14.6. The molecule has 0 amide bonds. The van der Waals surface area contributed by atoms with Crippen molar-refractivity contribution in [3.8, 4) is 0 Å². The Morgan fingerprint density at radius 1 is 1.00 bits per heavy atom. The van der Waals surface area contributed by atoms with E-state index in [0.717, 1.165) is 44.3 Å². The first-order valence-corrected chi connectivity index (χ1v) is 9.41. The van der Waals surface area contributed by atoms with E-state index in [0.29, 0.717) is 13.2 Å². The largest absolute Gasteiger partial charge is 0.352 e. The molecule has 4 heteroatoms. The van der Waals surface area contributed by atoms with Gasteiger partial charge in [0.15, 0.2) is 11.4 Å². The minimum absolute atomic E-state index is 0.0472. The molecular weight excluding hydrogens is 284 g/mol. The van der Waals surface area contributed by atoms with Crippen molar-refractivity contribution in [2.45, 2.75) is 79.4 Å². The van der Waals surface area contributed by atoms with Gasteiger partial charge >= 0.3 is 0 Å². The Kier molecular flexibility index (Phi) is 12.4. The highest BCUT2D eigenvalue weighted by Crippen LogP contribution is 2.40. The molecule has 0 radical (unpaired) electrons. The van der Waals surface area contributed by atoms with Crippen LogP contribution in [0.1, 0.15) is 73.1 Å². The highest BCUT2D eigenvalue weighted by molar-refractivity contribution is 8.13. The van der Waals surface area contributed by atoms with E-state index >= 15 is 0 Å². The van der Waals surface area contributed by atoms with Crippen molar-refractivity contribution in [1.82, 2.24) is 0 Å². The summed E-state index contributed by atoms with van der Waals surface area (Å²) in [6, 6.07) is 0. The molecule has 0 aromatic heterocycles. The smallest absolute Gasteiger partial charge is 0.185 e. The molecule has 0 bridgehead atoms. The van der Waals surface area contributed by atoms with Gasteiger partial charge in [-0.05, 0) is 26.7 Å². The van der Waals surface area contributed by atoms with Gasteiger partial charge in [0.05, 0.1) is 0 Å². The van der Waals surface area contributed by atoms with Gasteiger partial charge in [0.25, 0.3) is 0 Å². The van der Waals surface area contributed by atoms with Crippen molar-refractivity contribution in [3.63, 3.8) is 0 Å². The second-order valence-corrected chi connectivity index (χ2v) is 6.74. The van der Waals surface area contributed by atoms with Crippen LogP contribution in [-0.2, 0) is 14.3 Å². The minimum Gasteiger partial charge on any atom is -0.352 e. The molecule has 0 aromatic carbocycles. The third kappa shape index (κ3) is 8.22. The van der Waals surface area contributed by atoms with Gasteiger partial charge in [-0.1, -0.05) is 51.3 Å². The fraction of sp³-hybridized carbons (Fsp3) is 0.941. The van der Waals surface area contributed by atoms with Crippen molar-refractivity contribution < 1.29 is 14.3 Å². The van der Waals surface area contributed by atoms with Crippen LogP contribution in [0.5, 0.6) is 0 Å². The number of rotatable bonds is 13. The summed E-state index contributed by atoms with van der Waals surface area (Å²) in [4.78, 5) is 11.5. The molecule has 0 spiro atoms. The molecule has 0 rings (SSSR count). The van der Waals surface area contributed by atoms with Crippen LogP contribution in [0.15, 0.2) is 0 Å². The topological polar surface area (TPSA) is 35.5 Å². The summed E-state index contributed by atoms with van der Waals surface area (Å²) in [5, 5.41) is 0.180. The van der Waals surface area contributed by atoms with E-state index in [9.17, 15) is 4.79 Å². The molecule has 0 unspecified atom stereocenters. The lowest BCUT2D eigenvalue weighted by Crippen LogP contribution is -2.42. The molecule has 3 nitrogen and oxygen atoms in total. The first-order valence-electron chi connectivity index (χ1n) is 8.42. The third-order valence-corrected chi connectivity index (χ3v) is 4.88. The molecule has 0 aliphatic rings. The Bertz CT molecular complexity index is 255. The number of carbonyl (C=O) groups is 1. The van der Waals surface area contributed by atoms with Crippen molar-refractivity contribution in [3.05, 3.63) is 0 Å². The summed E-state index contributed by atoms with van der Waals surface area (Å²) in [7, 11) is 0. The van der Waals surface area contributed by atoms with Crippen LogP contribution >= 0.6 is 11.8 Å². The summed E-state index contributed by atoms with van der Waals surface area (Å²) in [5.41, 5.74) is -0.0472. The molecule has 0 saturated heterocycles. The first-order chi connectivity index (χ1) is 10.1. The van der Waals surface area contributed by atoms with E-state index in [1.54, 1.807) is 6.92 Å². The molecule has 126 valence electrons. The zero-order chi connectivity index (χ0) is 16.1. The lowest BCUT2D eigenvalue weighted by Gasteiger charge is -2.40. The van der Waals surface area contributed by atoms with Crippen LogP contribution in [0.3, 0.4) is 0 Å². The van der Waals surface area contributed by atoms with Gasteiger partial charge < -0.3 is 9.47 Å². The SMILES string of the molecule is CCCCC(CCCC)(CSC(C)=O)C(OCC)OCC. The molecule has 0 aliphatic heterocycles. The Labute approximate surface area is 135 Å². The van der Waals surface area contributed by atoms with E-state index in [-0.39, 0.29) is 16.8 Å². The van der Waals surface area contributed by atoms with Gasteiger partial charge in [-0.15, -0.1) is 0 Å². The second-order valence-electron chi connectivity index (χ2n) is 5.59. The van der Waals surface area contributed by atoms with E-state index in [2.05, 4.69) is 13.8 Å². The molecule has 0 N–H and O–H groups in total. The van der Waals surface area contributed by atoms with Gasteiger partial charge in [-0.2, -0.15) is 0 Å². The van der Waals surface area contributed by atoms with Crippen LogP contribution in [0.2, 0.25) is 0 Å². The minimum atomic E-state index is -0.197. The third-order valence-electron chi connectivity index (χ3n) is 3.76. The van der Waals surface area contributed by atoms with Crippen molar-refractivity contribution in [2.24, 2.45) is 5.41 Å². The maximum absolute atomic E-state index is 11.5. The Morgan fingerprint density at radius 2 is 1.48 bits per heavy atom. The number of unbranched alkanes of at least 4 members (excludes halogenated alkanes) is 2. The monoisotopic (exact) mass is 318 g/mol. The zero-order valence-corrected chi connectivity index (χ0v) is 15.4. The van der Waals surface area contributed by atoms with Crippen LogP contribution in [-0.4, -0.2) is 30.4 Å². The quantitative estimate of drug-likeness (QED) is 0.446. The molecular formula is C17H34O3S. The number of hydrogen-bond donors (Lipinski definition) is 0. The number of ether oxygens (including phenoxy) is 2. The van der Waals surface area contributed by atoms with E-state index in [4.69, 9.17) is 9.47 Å². The van der Waals surface area contributed by atoms with Crippen molar-refractivity contribution in [2.75, 3.05) is 19.0 Å². The molecule has 0 atom stereocenters. The fourth-order valence-corrected chi connectivity index (χ4v) is 3.50. The van der Waals surface area contributed by atoms with E-state index < -0.39 is 0 Å². The molecule has 0 fully saturated rings. The predicted molar refractivity (Wildman–Crippen MR) is 91.7 cm³/mol. The molecule has 0 saturated carbocycles. The predicted octanol–water partition coefficient (Wildman–Crippen LogP) is 5.03. The Hall–Kier alpha value is -0.0600. The summed E-state index contributed by atoms with van der Waals surface area (Å²) in [6.45, 7) is 11.4. The summed E-state index contributed by atoms with van der Waals surface area (Å²) in [6.07, 6.45) is 6.55. The van der Waals surface area contributed by atoms with Gasteiger partial charge in [0.2, 0.25) is 0 Å². The standard InChI is InChI=1S/C17H34O3S/c1-6-10-12-17(13-11-7-2,14-21-15(5)18)16(19-8-3)20-9-4/h16H,6-14H2,1-5H3. The molecule has 0 heterocycles. The van der Waals surface area contributed by atoms with Gasteiger partial charge in [0.1, 0.15) is 0 Å². The van der Waals surface area contributed by atoms with Gasteiger partial charge in [-0.3, -0.25) is 4.79 Å². The van der Waals surface area contributed by atoms with Gasteiger partial charge in [0, 0.05) is 31.3 Å². The lowest BCUT2D eigenvalue weighted by molar-refractivity contribution is -0.202. The van der Waals surface area contributed by atoms with Crippen LogP contribution in [0.4, 0.5) is 0 Å². The first kappa shape index (κ1) is 20.9. The summed E-state index contributed by atoms with van der Waals surface area (Å²) >= 11 is 1.42. The number of carbonyl (C=O) groups excluding carboxylic acids is 1. The Balaban J connectivity index is 5.18. The second kappa shape index (κ2) is 12.5. The van der Waals surface area contributed by atoms with E-state index in [1.807, 2.05) is 13.8 Å². The normalized spacial score (nSPS) is 12.1. The summed E-state index contributed by atoms with van der Waals surface area (Å²) in [5.74, 6) is 0.799. The number of thioether (sulfide) groups is 1. The maximum Gasteiger partial charge on any atom is 0.185 e. The van der Waals surface area contributed by atoms with Crippen LogP contribution < -0.4 is 0 Å². The Morgan fingerprint density at radius 3 is 1.81 bits per heavy atom. The molecule has 21 heavy (non-hydrogen) atoms. The highest BCUT2D eigenvalue weighted by atomic mass is 32.2. The lowest BCUT2D eigenvalue weighted by atomic mass is 9.79. The van der Waals surface area contributed by atoms with Gasteiger partial charge in [-0.25, -0.2) is 0 Å². The van der Waals surface area contributed by atoms with Crippen LogP contribution in [0.25, 0.3) is 0 Å². The van der Waals surface area contributed by atoms with E-state index in [1.165, 1.54) is 11.8 Å². The average Bonchev–Trinajstić information content (AvgIpc) is 2.47. The van der Waals surface area contributed by atoms with Crippen molar-refractivity contribution >= 4 is 16.9 Å². The average molecular weight is 319 g/mol. The fourth-order valence-electron chi connectivity index (χ4n) is 2.58. The number of hydrogen-bond acceptors (Lipinski definition) is 4. The van der Waals surface area contributed by atoms with Crippen molar-refractivity contribution in [1.29, 1.82) is 0 Å². The molecule has 0 aromatic rings. The summed E-state index contributed by atoms with van der Waals surface area (Å²) < 4.78 is 11.9. The molecule has 0 aliphatic carbocycles. The maximum atomic E-state index is 11.5. The highest BCUT2D eigenvalue weighted by Gasteiger charge is 2.39.